The number of carbonyl (C=O) groups excluding carboxylic acids is 3. The van der Waals surface area contributed by atoms with Crippen LogP contribution in [0.3, 0.4) is 0 Å². The summed E-state index contributed by atoms with van der Waals surface area (Å²) in [5, 5.41) is 0. The van der Waals surface area contributed by atoms with Crippen LogP contribution in [0.15, 0.2) is 0 Å². The Bertz CT molecular complexity index is 522. The van der Waals surface area contributed by atoms with Gasteiger partial charge in [0.1, 0.15) is 13.2 Å². The molecule has 0 fully saturated rings. The zero-order valence-electron chi connectivity index (χ0n) is 14.1. The lowest BCUT2D eigenvalue weighted by Gasteiger charge is -2.29. The molecule has 0 amide bonds. The highest BCUT2D eigenvalue weighted by molar-refractivity contribution is 5.84. The summed E-state index contributed by atoms with van der Waals surface area (Å²) in [6.45, 7) is 1.53. The Morgan fingerprint density at radius 1 is 0.808 bits per heavy atom. The molecule has 0 aliphatic rings. The molecule has 0 saturated carbocycles. The number of ether oxygens (including phenoxy) is 3. The Morgan fingerprint density at radius 2 is 1.23 bits per heavy atom. The Labute approximate surface area is 144 Å². The van der Waals surface area contributed by atoms with Gasteiger partial charge in [0.15, 0.2) is 0 Å². The molecule has 0 heterocycles. The largest absolute Gasteiger partial charge is 0.462 e. The number of halogens is 6. The highest BCUT2D eigenvalue weighted by atomic mass is 19.3. The molecule has 0 N–H and O–H groups in total. The van der Waals surface area contributed by atoms with Crippen molar-refractivity contribution in [2.45, 2.75) is 45.0 Å². The Morgan fingerprint density at radius 3 is 1.65 bits per heavy atom. The molecule has 12 heteroatoms. The minimum atomic E-state index is -6.41. The zero-order chi connectivity index (χ0) is 20.8. The number of alkyl halides is 6. The van der Waals surface area contributed by atoms with Crippen LogP contribution in [-0.2, 0) is 28.6 Å². The SMILES string of the molecule is CCOC(=O)C(F)(F)C(F)(F)C(F)(F)C(=O)OCCOC(=O)C(C)CC. The first-order valence-corrected chi connectivity index (χ1v) is 7.41. The van der Waals surface area contributed by atoms with Crippen LogP contribution in [0.4, 0.5) is 26.3 Å². The molecule has 0 bridgehead atoms. The molecule has 0 saturated heterocycles. The third kappa shape index (κ3) is 5.01. The molecule has 0 radical (unpaired) electrons. The minimum Gasteiger partial charge on any atom is -0.462 e. The summed E-state index contributed by atoms with van der Waals surface area (Å²) in [7, 11) is 0. The monoisotopic (exact) mass is 396 g/mol. The number of hydrogen-bond donors (Lipinski definition) is 0. The van der Waals surface area contributed by atoms with Gasteiger partial charge in [0.25, 0.3) is 0 Å². The van der Waals surface area contributed by atoms with E-state index < -0.39 is 61.4 Å². The van der Waals surface area contributed by atoms with Crippen molar-refractivity contribution in [3.8, 4) is 0 Å². The number of rotatable bonds is 10. The summed E-state index contributed by atoms with van der Waals surface area (Å²) in [6.07, 6.45) is 0.395. The van der Waals surface area contributed by atoms with E-state index in [1.165, 1.54) is 6.92 Å². The summed E-state index contributed by atoms with van der Waals surface area (Å²) in [6, 6.07) is 0. The van der Waals surface area contributed by atoms with Gasteiger partial charge < -0.3 is 14.2 Å². The van der Waals surface area contributed by atoms with Gasteiger partial charge in [0.05, 0.1) is 12.5 Å². The predicted octanol–water partition coefficient (Wildman–Crippen LogP) is 2.59. The standard InChI is InChI=1S/C14H18F6O6/c1-4-8(3)9(21)25-6-7-26-11(23)13(17,18)14(19,20)12(15,16)10(22)24-5-2/h8H,4-7H2,1-3H3. The first kappa shape index (κ1) is 24.0. The van der Waals surface area contributed by atoms with E-state index in [1.54, 1.807) is 6.92 Å². The van der Waals surface area contributed by atoms with Gasteiger partial charge in [-0.15, -0.1) is 0 Å². The molecular formula is C14H18F6O6. The summed E-state index contributed by atoms with van der Waals surface area (Å²) in [5.74, 6) is -25.6. The van der Waals surface area contributed by atoms with Crippen LogP contribution in [0.1, 0.15) is 27.2 Å². The van der Waals surface area contributed by atoms with Crippen LogP contribution in [0, 0.1) is 5.92 Å². The van der Waals surface area contributed by atoms with Gasteiger partial charge in [0, 0.05) is 0 Å². The fourth-order valence-electron chi connectivity index (χ4n) is 1.35. The maximum Gasteiger partial charge on any atom is 0.411 e. The molecule has 0 aliphatic carbocycles. The van der Waals surface area contributed by atoms with Crippen LogP contribution in [0.5, 0.6) is 0 Å². The summed E-state index contributed by atoms with van der Waals surface area (Å²) in [4.78, 5) is 33.2. The molecule has 6 nitrogen and oxygen atoms in total. The van der Waals surface area contributed by atoms with E-state index >= 15 is 0 Å². The van der Waals surface area contributed by atoms with E-state index in [-0.39, 0.29) is 0 Å². The Kier molecular flexibility index (Phi) is 8.38. The zero-order valence-corrected chi connectivity index (χ0v) is 14.1. The summed E-state index contributed by atoms with van der Waals surface area (Å²) >= 11 is 0. The van der Waals surface area contributed by atoms with Gasteiger partial charge in [-0.1, -0.05) is 13.8 Å². The van der Waals surface area contributed by atoms with Crippen molar-refractivity contribution in [2.75, 3.05) is 19.8 Å². The maximum atomic E-state index is 13.4. The molecule has 0 aromatic carbocycles. The molecule has 0 spiro atoms. The topological polar surface area (TPSA) is 78.9 Å². The first-order valence-electron chi connectivity index (χ1n) is 7.41. The maximum absolute atomic E-state index is 13.4. The van der Waals surface area contributed by atoms with Gasteiger partial charge in [0.2, 0.25) is 0 Å². The average molecular weight is 396 g/mol. The fraction of sp³-hybridized carbons (Fsp3) is 0.786. The molecule has 0 rings (SSSR count). The Hall–Kier alpha value is -2.01. The van der Waals surface area contributed by atoms with Crippen molar-refractivity contribution in [3.63, 3.8) is 0 Å². The van der Waals surface area contributed by atoms with Crippen LogP contribution in [-0.4, -0.2) is 55.5 Å². The van der Waals surface area contributed by atoms with E-state index in [0.29, 0.717) is 6.42 Å². The molecule has 0 aliphatic heterocycles. The average Bonchev–Trinajstić information content (AvgIpc) is 2.56. The van der Waals surface area contributed by atoms with E-state index in [0.717, 1.165) is 6.92 Å². The van der Waals surface area contributed by atoms with Crippen LogP contribution >= 0.6 is 0 Å². The molecule has 152 valence electrons. The van der Waals surface area contributed by atoms with Crippen LogP contribution in [0.25, 0.3) is 0 Å². The Balaban J connectivity index is 4.94. The molecule has 0 aromatic heterocycles. The summed E-state index contributed by atoms with van der Waals surface area (Å²) < 4.78 is 92.1. The lowest BCUT2D eigenvalue weighted by molar-refractivity contribution is -0.301. The number of carbonyl (C=O) groups is 3. The van der Waals surface area contributed by atoms with E-state index in [4.69, 9.17) is 0 Å². The quantitative estimate of drug-likeness (QED) is 0.245. The van der Waals surface area contributed by atoms with Crippen LogP contribution in [0.2, 0.25) is 0 Å². The van der Waals surface area contributed by atoms with Gasteiger partial charge in [-0.2, -0.15) is 26.3 Å². The molecule has 26 heavy (non-hydrogen) atoms. The smallest absolute Gasteiger partial charge is 0.411 e. The van der Waals surface area contributed by atoms with E-state index in [9.17, 15) is 40.7 Å². The lowest BCUT2D eigenvalue weighted by atomic mass is 10.0. The van der Waals surface area contributed by atoms with Crippen LogP contribution < -0.4 is 0 Å². The normalized spacial score (nSPS) is 13.7. The lowest BCUT2D eigenvalue weighted by Crippen LogP contribution is -2.61. The molecule has 0 aromatic rings. The second-order valence-electron chi connectivity index (χ2n) is 5.06. The first-order chi connectivity index (χ1) is 11.8. The van der Waals surface area contributed by atoms with E-state index in [1.807, 2.05) is 0 Å². The molecule has 1 atom stereocenters. The van der Waals surface area contributed by atoms with Crippen molar-refractivity contribution >= 4 is 17.9 Å². The van der Waals surface area contributed by atoms with Crippen molar-refractivity contribution in [1.29, 1.82) is 0 Å². The highest BCUT2D eigenvalue weighted by Gasteiger charge is 2.79. The summed E-state index contributed by atoms with van der Waals surface area (Å²) in [5.41, 5.74) is 0. The third-order valence-electron chi connectivity index (χ3n) is 3.15. The minimum absolute atomic E-state index is 0.395. The molecule has 1 unspecified atom stereocenters. The van der Waals surface area contributed by atoms with Gasteiger partial charge >= 0.3 is 35.7 Å². The van der Waals surface area contributed by atoms with Crippen molar-refractivity contribution in [2.24, 2.45) is 5.92 Å². The van der Waals surface area contributed by atoms with Crippen molar-refractivity contribution in [3.05, 3.63) is 0 Å². The molecular weight excluding hydrogens is 378 g/mol. The fourth-order valence-corrected chi connectivity index (χ4v) is 1.35. The van der Waals surface area contributed by atoms with Gasteiger partial charge in [-0.25, -0.2) is 9.59 Å². The second-order valence-corrected chi connectivity index (χ2v) is 5.06. The van der Waals surface area contributed by atoms with E-state index in [2.05, 4.69) is 14.2 Å². The predicted molar refractivity (Wildman–Crippen MR) is 72.8 cm³/mol. The van der Waals surface area contributed by atoms with Gasteiger partial charge in [-0.05, 0) is 13.3 Å². The van der Waals surface area contributed by atoms with Crippen molar-refractivity contribution < 1.29 is 54.9 Å². The second kappa shape index (κ2) is 9.08. The third-order valence-corrected chi connectivity index (χ3v) is 3.15. The highest BCUT2D eigenvalue weighted by Crippen LogP contribution is 2.46. The number of esters is 3. The number of hydrogen-bond acceptors (Lipinski definition) is 6. The van der Waals surface area contributed by atoms with Gasteiger partial charge in [-0.3, -0.25) is 4.79 Å². The van der Waals surface area contributed by atoms with Crippen molar-refractivity contribution in [1.82, 2.24) is 0 Å².